The lowest BCUT2D eigenvalue weighted by molar-refractivity contribution is -0.127. The van der Waals surface area contributed by atoms with E-state index in [1.807, 2.05) is 25.1 Å². The van der Waals surface area contributed by atoms with Crippen LogP contribution >= 0.6 is 0 Å². The predicted molar refractivity (Wildman–Crippen MR) is 76.6 cm³/mol. The van der Waals surface area contributed by atoms with Crippen molar-refractivity contribution in [2.45, 2.75) is 27.2 Å². The minimum absolute atomic E-state index is 0.493. The lowest BCUT2D eigenvalue weighted by atomic mass is 9.90. The predicted octanol–water partition coefficient (Wildman–Crippen LogP) is 2.54. The first-order valence-corrected chi connectivity index (χ1v) is 7.62. The van der Waals surface area contributed by atoms with Gasteiger partial charge in [-0.05, 0) is 18.1 Å². The van der Waals surface area contributed by atoms with Gasteiger partial charge in [0.1, 0.15) is 0 Å². The highest BCUT2D eigenvalue weighted by Crippen LogP contribution is 2.19. The average molecular weight is 281 g/mol. The van der Waals surface area contributed by atoms with E-state index in [-0.39, 0.29) is 0 Å². The van der Waals surface area contributed by atoms with Crippen LogP contribution in [0.4, 0.5) is 0 Å². The first-order chi connectivity index (χ1) is 8.77. The molecule has 0 spiro atoms. The minimum atomic E-state index is -3.75. The summed E-state index contributed by atoms with van der Waals surface area (Å²) in [6.07, 6.45) is 2.02. The molecule has 0 unspecified atom stereocenters. The van der Waals surface area contributed by atoms with E-state index in [0.29, 0.717) is 6.42 Å². The molecule has 104 valence electrons. The molecule has 19 heavy (non-hydrogen) atoms. The number of sulfonamides is 1. The second kappa shape index (κ2) is 6.02. The molecular weight excluding hydrogens is 262 g/mol. The maximum absolute atomic E-state index is 11.8. The largest absolute Gasteiger partial charge is 0.273 e. The van der Waals surface area contributed by atoms with Gasteiger partial charge < -0.3 is 0 Å². The van der Waals surface area contributed by atoms with E-state index in [2.05, 4.69) is 4.72 Å². The zero-order valence-corrected chi connectivity index (χ0v) is 12.2. The molecule has 1 rings (SSSR count). The van der Waals surface area contributed by atoms with E-state index >= 15 is 0 Å². The molecule has 0 bridgehead atoms. The minimum Gasteiger partial charge on any atom is -0.273 e. The lowest BCUT2D eigenvalue weighted by Crippen LogP contribution is -2.39. The number of carbonyl (C=O) groups is 1. The first-order valence-electron chi connectivity index (χ1n) is 6.07. The van der Waals surface area contributed by atoms with E-state index in [1.54, 1.807) is 26.0 Å². The van der Waals surface area contributed by atoms with Crippen molar-refractivity contribution in [1.29, 1.82) is 0 Å². The van der Waals surface area contributed by atoms with E-state index in [0.717, 1.165) is 11.0 Å². The van der Waals surface area contributed by atoms with Gasteiger partial charge in [-0.2, -0.15) is 0 Å². The SMILES string of the molecule is CCC(C)(C)C(=O)NS(=O)(=O)C=Cc1ccccc1. The number of nitrogens with one attached hydrogen (secondary N) is 1. The topological polar surface area (TPSA) is 63.2 Å². The highest BCUT2D eigenvalue weighted by molar-refractivity contribution is 7.93. The molecule has 1 aromatic carbocycles. The third kappa shape index (κ3) is 4.87. The number of benzene rings is 1. The zero-order chi connectivity index (χ0) is 14.5. The molecule has 0 aliphatic heterocycles. The van der Waals surface area contributed by atoms with Gasteiger partial charge in [-0.25, -0.2) is 13.1 Å². The Morgan fingerprint density at radius 3 is 2.37 bits per heavy atom. The van der Waals surface area contributed by atoms with Crippen LogP contribution in [0.2, 0.25) is 0 Å². The van der Waals surface area contributed by atoms with Crippen LogP contribution in [0.1, 0.15) is 32.8 Å². The monoisotopic (exact) mass is 281 g/mol. The molecular formula is C14H19NO3S. The first kappa shape index (κ1) is 15.4. The Kier molecular flexibility index (Phi) is 4.89. The van der Waals surface area contributed by atoms with Crippen LogP contribution in [0.5, 0.6) is 0 Å². The van der Waals surface area contributed by atoms with Crippen molar-refractivity contribution in [3.63, 3.8) is 0 Å². The number of carbonyl (C=O) groups excluding carboxylic acids is 1. The molecule has 0 aliphatic carbocycles. The smallest absolute Gasteiger partial charge is 0.257 e. The second-order valence-corrected chi connectivity index (χ2v) is 6.49. The molecule has 1 N–H and O–H groups in total. The van der Waals surface area contributed by atoms with Crippen LogP contribution in [-0.2, 0) is 14.8 Å². The second-order valence-electron chi connectivity index (χ2n) is 4.93. The van der Waals surface area contributed by atoms with Crippen LogP contribution in [0.15, 0.2) is 35.7 Å². The molecule has 0 fully saturated rings. The third-order valence-electron chi connectivity index (χ3n) is 2.97. The molecule has 1 aromatic rings. The van der Waals surface area contributed by atoms with Crippen molar-refractivity contribution in [1.82, 2.24) is 4.72 Å². The molecule has 0 radical (unpaired) electrons. The lowest BCUT2D eigenvalue weighted by Gasteiger charge is -2.20. The molecule has 0 heterocycles. The van der Waals surface area contributed by atoms with E-state index in [9.17, 15) is 13.2 Å². The van der Waals surface area contributed by atoms with Crippen molar-refractivity contribution >= 4 is 22.0 Å². The Morgan fingerprint density at radius 2 is 1.84 bits per heavy atom. The number of hydrogen-bond acceptors (Lipinski definition) is 3. The van der Waals surface area contributed by atoms with Crippen molar-refractivity contribution in [2.75, 3.05) is 0 Å². The van der Waals surface area contributed by atoms with Crippen LogP contribution < -0.4 is 4.72 Å². The van der Waals surface area contributed by atoms with Gasteiger partial charge >= 0.3 is 0 Å². The van der Waals surface area contributed by atoms with Gasteiger partial charge in [0, 0.05) is 5.41 Å². The summed E-state index contributed by atoms with van der Waals surface area (Å²) in [6, 6.07) is 9.03. The highest BCUT2D eigenvalue weighted by atomic mass is 32.2. The summed E-state index contributed by atoms with van der Waals surface area (Å²) in [4.78, 5) is 11.8. The quantitative estimate of drug-likeness (QED) is 0.902. The molecule has 0 aliphatic rings. The van der Waals surface area contributed by atoms with Gasteiger partial charge in [0.15, 0.2) is 0 Å². The van der Waals surface area contributed by atoms with Gasteiger partial charge in [0.2, 0.25) is 5.91 Å². The summed E-state index contributed by atoms with van der Waals surface area (Å²) in [5.74, 6) is -0.493. The molecule has 0 aromatic heterocycles. The molecule has 0 saturated heterocycles. The summed E-state index contributed by atoms with van der Waals surface area (Å²) in [6.45, 7) is 5.25. The van der Waals surface area contributed by atoms with Crippen molar-refractivity contribution in [3.05, 3.63) is 41.3 Å². The average Bonchev–Trinajstić information content (AvgIpc) is 2.37. The van der Waals surface area contributed by atoms with E-state index < -0.39 is 21.3 Å². The Bertz CT molecular complexity index is 560. The molecule has 0 atom stereocenters. The summed E-state index contributed by atoms with van der Waals surface area (Å²) in [7, 11) is -3.75. The zero-order valence-electron chi connectivity index (χ0n) is 11.4. The van der Waals surface area contributed by atoms with Gasteiger partial charge in [-0.15, -0.1) is 0 Å². The molecule has 5 heteroatoms. The Hall–Kier alpha value is -1.62. The van der Waals surface area contributed by atoms with Gasteiger partial charge in [0.05, 0.1) is 5.41 Å². The van der Waals surface area contributed by atoms with Gasteiger partial charge in [0.25, 0.3) is 10.0 Å². The van der Waals surface area contributed by atoms with Crippen LogP contribution in [0, 0.1) is 5.41 Å². The maximum atomic E-state index is 11.8. The summed E-state index contributed by atoms with van der Waals surface area (Å²) in [5.41, 5.74) is 0.0586. The maximum Gasteiger partial charge on any atom is 0.257 e. The normalized spacial score (nSPS) is 12.6. The Labute approximate surface area is 114 Å². The molecule has 1 amide bonds. The standard InChI is InChI=1S/C14H19NO3S/c1-4-14(2,3)13(16)15-19(17,18)11-10-12-8-6-5-7-9-12/h5-11H,4H2,1-3H3,(H,15,16). The molecule has 4 nitrogen and oxygen atoms in total. The van der Waals surface area contributed by atoms with Gasteiger partial charge in [-0.1, -0.05) is 51.1 Å². The number of hydrogen-bond donors (Lipinski definition) is 1. The van der Waals surface area contributed by atoms with Crippen molar-refractivity contribution < 1.29 is 13.2 Å². The van der Waals surface area contributed by atoms with Crippen LogP contribution in [-0.4, -0.2) is 14.3 Å². The van der Waals surface area contributed by atoms with E-state index in [4.69, 9.17) is 0 Å². The fourth-order valence-electron chi connectivity index (χ4n) is 1.19. The third-order valence-corrected chi connectivity index (χ3v) is 3.94. The number of amides is 1. The Morgan fingerprint density at radius 1 is 1.26 bits per heavy atom. The summed E-state index contributed by atoms with van der Waals surface area (Å²) < 4.78 is 25.6. The van der Waals surface area contributed by atoms with Gasteiger partial charge in [-0.3, -0.25) is 4.79 Å². The fraction of sp³-hybridized carbons (Fsp3) is 0.357. The number of rotatable bonds is 5. The molecule has 0 saturated carbocycles. The highest BCUT2D eigenvalue weighted by Gasteiger charge is 2.27. The van der Waals surface area contributed by atoms with Crippen molar-refractivity contribution in [2.24, 2.45) is 5.41 Å². The van der Waals surface area contributed by atoms with E-state index in [1.165, 1.54) is 6.08 Å². The van der Waals surface area contributed by atoms with Crippen LogP contribution in [0.3, 0.4) is 0 Å². The Balaban J connectivity index is 2.78. The van der Waals surface area contributed by atoms with Crippen LogP contribution in [0.25, 0.3) is 6.08 Å². The summed E-state index contributed by atoms with van der Waals surface area (Å²) in [5, 5.41) is 1.01. The summed E-state index contributed by atoms with van der Waals surface area (Å²) >= 11 is 0. The fourth-order valence-corrected chi connectivity index (χ4v) is 2.13. The van der Waals surface area contributed by atoms with Crippen molar-refractivity contribution in [3.8, 4) is 0 Å².